The SMILES string of the molecule is NC(=S)NN(C=O)Cc1ccc2c(c1)OCO2. The first-order chi connectivity index (χ1) is 8.19. The molecule has 0 atom stereocenters. The van der Waals surface area contributed by atoms with Crippen LogP contribution in [-0.2, 0) is 11.3 Å². The molecule has 1 aliphatic heterocycles. The van der Waals surface area contributed by atoms with Gasteiger partial charge in [-0.15, -0.1) is 0 Å². The van der Waals surface area contributed by atoms with Crippen molar-refractivity contribution in [3.63, 3.8) is 0 Å². The molecule has 1 aromatic rings. The number of fused-ring (bicyclic) bond motifs is 1. The van der Waals surface area contributed by atoms with Gasteiger partial charge in [-0.25, -0.2) is 0 Å². The molecule has 90 valence electrons. The average Bonchev–Trinajstić information content (AvgIpc) is 2.74. The van der Waals surface area contributed by atoms with E-state index in [1.807, 2.05) is 6.07 Å². The van der Waals surface area contributed by atoms with Crippen molar-refractivity contribution < 1.29 is 14.3 Å². The molecule has 1 heterocycles. The van der Waals surface area contributed by atoms with E-state index < -0.39 is 0 Å². The molecule has 0 unspecified atom stereocenters. The lowest BCUT2D eigenvalue weighted by Crippen LogP contribution is -2.43. The second kappa shape index (κ2) is 4.88. The van der Waals surface area contributed by atoms with E-state index in [4.69, 9.17) is 15.2 Å². The largest absolute Gasteiger partial charge is 0.454 e. The van der Waals surface area contributed by atoms with E-state index in [-0.39, 0.29) is 11.9 Å². The molecule has 3 N–H and O–H groups in total. The lowest BCUT2D eigenvalue weighted by molar-refractivity contribution is -0.120. The Morgan fingerprint density at radius 3 is 3.00 bits per heavy atom. The third-order valence-corrected chi connectivity index (χ3v) is 2.26. The van der Waals surface area contributed by atoms with E-state index in [1.54, 1.807) is 12.1 Å². The summed E-state index contributed by atoms with van der Waals surface area (Å²) in [5.41, 5.74) is 8.72. The first-order valence-corrected chi connectivity index (χ1v) is 5.26. The highest BCUT2D eigenvalue weighted by Gasteiger charge is 2.14. The molecule has 0 aliphatic carbocycles. The zero-order valence-corrected chi connectivity index (χ0v) is 9.70. The van der Waals surface area contributed by atoms with E-state index in [9.17, 15) is 4.79 Å². The molecule has 0 saturated carbocycles. The number of hydrogen-bond acceptors (Lipinski definition) is 4. The summed E-state index contributed by atoms with van der Waals surface area (Å²) in [5, 5.41) is 1.29. The summed E-state index contributed by atoms with van der Waals surface area (Å²) in [4.78, 5) is 10.8. The highest BCUT2D eigenvalue weighted by molar-refractivity contribution is 7.80. The van der Waals surface area contributed by atoms with Gasteiger partial charge in [-0.05, 0) is 29.9 Å². The van der Waals surface area contributed by atoms with Crippen LogP contribution in [0.5, 0.6) is 11.5 Å². The lowest BCUT2D eigenvalue weighted by Gasteiger charge is -2.18. The van der Waals surface area contributed by atoms with E-state index in [0.717, 1.165) is 5.56 Å². The molecule has 0 fully saturated rings. The molecule has 2 rings (SSSR count). The summed E-state index contributed by atoms with van der Waals surface area (Å²) < 4.78 is 10.4. The maximum absolute atomic E-state index is 10.8. The Hall–Kier alpha value is -2.02. The summed E-state index contributed by atoms with van der Waals surface area (Å²) in [7, 11) is 0. The van der Waals surface area contributed by atoms with Gasteiger partial charge in [0.05, 0.1) is 6.54 Å². The number of ether oxygens (including phenoxy) is 2. The first kappa shape index (κ1) is 11.5. The number of hydrazine groups is 1. The fourth-order valence-electron chi connectivity index (χ4n) is 1.48. The minimum atomic E-state index is 0.0397. The Bertz CT molecular complexity index is 452. The van der Waals surface area contributed by atoms with Crippen LogP contribution in [0.25, 0.3) is 0 Å². The number of carbonyl (C=O) groups excluding carboxylic acids is 1. The number of rotatable bonds is 4. The molecule has 1 aromatic carbocycles. The van der Waals surface area contributed by atoms with E-state index in [0.29, 0.717) is 24.5 Å². The van der Waals surface area contributed by atoms with Crippen LogP contribution in [0.4, 0.5) is 0 Å². The summed E-state index contributed by atoms with van der Waals surface area (Å²) in [6.45, 7) is 0.554. The molecule has 1 amide bonds. The van der Waals surface area contributed by atoms with Crippen molar-refractivity contribution in [1.82, 2.24) is 10.4 Å². The van der Waals surface area contributed by atoms with Gasteiger partial charge in [-0.3, -0.25) is 15.2 Å². The predicted octanol–water partition coefficient (Wildman–Crippen LogP) is 0.122. The molecule has 0 spiro atoms. The van der Waals surface area contributed by atoms with Crippen molar-refractivity contribution in [1.29, 1.82) is 0 Å². The number of carbonyl (C=O) groups is 1. The normalized spacial score (nSPS) is 12.0. The molecule has 6 nitrogen and oxygen atoms in total. The minimum absolute atomic E-state index is 0.0397. The van der Waals surface area contributed by atoms with Gasteiger partial charge in [-0.1, -0.05) is 6.07 Å². The fourth-order valence-corrected chi connectivity index (χ4v) is 1.60. The van der Waals surface area contributed by atoms with E-state index >= 15 is 0 Å². The lowest BCUT2D eigenvalue weighted by atomic mass is 10.2. The van der Waals surface area contributed by atoms with Crippen LogP contribution < -0.4 is 20.6 Å². The first-order valence-electron chi connectivity index (χ1n) is 4.85. The molecular weight excluding hydrogens is 242 g/mol. The second-order valence-electron chi connectivity index (χ2n) is 3.40. The Morgan fingerprint density at radius 2 is 2.29 bits per heavy atom. The number of thiocarbonyl (C=S) groups is 1. The van der Waals surface area contributed by atoms with Gasteiger partial charge >= 0.3 is 0 Å². The molecule has 0 aromatic heterocycles. The highest BCUT2D eigenvalue weighted by Crippen LogP contribution is 2.32. The fraction of sp³-hybridized carbons (Fsp3) is 0.200. The van der Waals surface area contributed by atoms with Crippen molar-refractivity contribution in [3.8, 4) is 11.5 Å². The van der Waals surface area contributed by atoms with Crippen LogP contribution in [-0.4, -0.2) is 23.3 Å². The van der Waals surface area contributed by atoms with Crippen molar-refractivity contribution in [2.24, 2.45) is 5.73 Å². The molecule has 0 saturated heterocycles. The highest BCUT2D eigenvalue weighted by atomic mass is 32.1. The molecular formula is C10H11N3O3S. The van der Waals surface area contributed by atoms with Gasteiger partial charge in [-0.2, -0.15) is 0 Å². The van der Waals surface area contributed by atoms with Crippen molar-refractivity contribution in [2.75, 3.05) is 6.79 Å². The third kappa shape index (κ3) is 2.76. The van der Waals surface area contributed by atoms with Gasteiger partial charge in [0.25, 0.3) is 0 Å². The molecule has 0 radical (unpaired) electrons. The number of amides is 1. The predicted molar refractivity (Wildman–Crippen MR) is 64.1 cm³/mol. The summed E-state index contributed by atoms with van der Waals surface area (Å²) in [6.07, 6.45) is 0.615. The van der Waals surface area contributed by atoms with Gasteiger partial charge in [0.15, 0.2) is 16.6 Å². The second-order valence-corrected chi connectivity index (χ2v) is 3.84. The van der Waals surface area contributed by atoms with Crippen LogP contribution in [0.2, 0.25) is 0 Å². The smallest absolute Gasteiger partial charge is 0.231 e. The van der Waals surface area contributed by atoms with Crippen LogP contribution in [0.3, 0.4) is 0 Å². The van der Waals surface area contributed by atoms with Gasteiger partial charge in [0.1, 0.15) is 0 Å². The average molecular weight is 253 g/mol. The van der Waals surface area contributed by atoms with Gasteiger partial charge in [0.2, 0.25) is 13.2 Å². The number of nitrogens with zero attached hydrogens (tertiary/aromatic N) is 1. The van der Waals surface area contributed by atoms with Crippen molar-refractivity contribution >= 4 is 23.7 Å². The summed E-state index contributed by atoms with van der Waals surface area (Å²) >= 11 is 4.66. The van der Waals surface area contributed by atoms with Crippen molar-refractivity contribution in [2.45, 2.75) is 6.54 Å². The minimum Gasteiger partial charge on any atom is -0.454 e. The number of hydrogen-bond donors (Lipinski definition) is 2. The third-order valence-electron chi connectivity index (χ3n) is 2.17. The standard InChI is InChI=1S/C10H11N3O3S/c11-10(17)12-13(5-14)4-7-1-2-8-9(3-7)16-6-15-8/h1-3,5H,4,6H2,(H3,11,12,17). The van der Waals surface area contributed by atoms with E-state index in [2.05, 4.69) is 17.6 Å². The molecule has 7 heteroatoms. The van der Waals surface area contributed by atoms with Crippen LogP contribution in [0.1, 0.15) is 5.56 Å². The summed E-state index contributed by atoms with van der Waals surface area (Å²) in [6, 6.07) is 5.44. The summed E-state index contributed by atoms with van der Waals surface area (Å²) in [5.74, 6) is 1.37. The maximum Gasteiger partial charge on any atom is 0.231 e. The number of nitrogens with one attached hydrogen (secondary N) is 1. The number of benzene rings is 1. The molecule has 1 aliphatic rings. The Balaban J connectivity index is 2.07. The van der Waals surface area contributed by atoms with Crippen LogP contribution >= 0.6 is 12.2 Å². The van der Waals surface area contributed by atoms with Crippen LogP contribution in [0.15, 0.2) is 18.2 Å². The zero-order valence-electron chi connectivity index (χ0n) is 8.88. The monoisotopic (exact) mass is 253 g/mol. The van der Waals surface area contributed by atoms with Crippen LogP contribution in [0, 0.1) is 0 Å². The van der Waals surface area contributed by atoms with Crippen molar-refractivity contribution in [3.05, 3.63) is 23.8 Å². The maximum atomic E-state index is 10.8. The Kier molecular flexibility index (Phi) is 3.29. The Morgan fingerprint density at radius 1 is 1.53 bits per heavy atom. The number of nitrogens with two attached hydrogens (primary N) is 1. The quantitative estimate of drug-likeness (QED) is 0.451. The molecule has 17 heavy (non-hydrogen) atoms. The molecule has 0 bridgehead atoms. The van der Waals surface area contributed by atoms with Gasteiger partial charge < -0.3 is 15.2 Å². The van der Waals surface area contributed by atoms with E-state index in [1.165, 1.54) is 5.01 Å². The zero-order chi connectivity index (χ0) is 12.3. The topological polar surface area (TPSA) is 76.8 Å². The Labute approximate surface area is 103 Å². The van der Waals surface area contributed by atoms with Gasteiger partial charge in [0, 0.05) is 0 Å².